The Balaban J connectivity index is 1.65. The lowest BCUT2D eigenvalue weighted by molar-refractivity contribution is 0.103. The SMILES string of the molecule is Cc1nc2sc(C(=O)Nc3nc(-c4ccc(Cl)cc4Cl)cs3)c(N)c2c(C)c1C. The van der Waals surface area contributed by atoms with Crippen LogP contribution in [0.4, 0.5) is 10.8 Å². The van der Waals surface area contributed by atoms with Crippen molar-refractivity contribution in [3.05, 3.63) is 55.3 Å². The number of carbonyl (C=O) groups excluding carboxylic acids is 1. The summed E-state index contributed by atoms with van der Waals surface area (Å²) in [4.78, 5) is 23.1. The van der Waals surface area contributed by atoms with Gasteiger partial charge in [0, 0.05) is 27.0 Å². The smallest absolute Gasteiger partial charge is 0.269 e. The Morgan fingerprint density at radius 3 is 2.62 bits per heavy atom. The van der Waals surface area contributed by atoms with Gasteiger partial charge in [-0.1, -0.05) is 23.2 Å². The van der Waals surface area contributed by atoms with E-state index < -0.39 is 0 Å². The third kappa shape index (κ3) is 3.59. The number of fused-ring (bicyclic) bond motifs is 1. The number of halogens is 2. The minimum atomic E-state index is -0.302. The molecule has 4 rings (SSSR count). The Labute approximate surface area is 185 Å². The molecule has 0 aliphatic carbocycles. The van der Waals surface area contributed by atoms with Crippen LogP contribution in [-0.2, 0) is 0 Å². The molecule has 148 valence electrons. The first kappa shape index (κ1) is 20.1. The van der Waals surface area contributed by atoms with Gasteiger partial charge in [0.1, 0.15) is 9.71 Å². The summed E-state index contributed by atoms with van der Waals surface area (Å²) in [6.45, 7) is 5.96. The molecular formula is C20H16Cl2N4OS2. The van der Waals surface area contributed by atoms with Crippen LogP contribution in [0, 0.1) is 20.8 Å². The molecule has 0 radical (unpaired) electrons. The third-order valence-electron chi connectivity index (χ3n) is 4.81. The van der Waals surface area contributed by atoms with Crippen LogP contribution in [0.3, 0.4) is 0 Å². The zero-order valence-corrected chi connectivity index (χ0v) is 18.9. The Morgan fingerprint density at radius 2 is 1.90 bits per heavy atom. The predicted octanol–water partition coefficient (Wildman–Crippen LogP) is 6.49. The highest BCUT2D eigenvalue weighted by Gasteiger charge is 2.21. The summed E-state index contributed by atoms with van der Waals surface area (Å²) in [6, 6.07) is 5.21. The van der Waals surface area contributed by atoms with Gasteiger partial charge in [0.2, 0.25) is 0 Å². The summed E-state index contributed by atoms with van der Waals surface area (Å²) < 4.78 is 0. The number of thiophene rings is 1. The molecular weight excluding hydrogens is 447 g/mol. The second-order valence-electron chi connectivity index (χ2n) is 6.59. The first-order chi connectivity index (χ1) is 13.8. The molecule has 1 amide bonds. The van der Waals surface area contributed by atoms with Crippen molar-refractivity contribution in [2.24, 2.45) is 0 Å². The van der Waals surface area contributed by atoms with E-state index in [1.165, 1.54) is 22.7 Å². The van der Waals surface area contributed by atoms with Crippen molar-refractivity contribution in [2.45, 2.75) is 20.8 Å². The Hall–Kier alpha value is -2.19. The molecule has 0 aliphatic heterocycles. The van der Waals surface area contributed by atoms with E-state index in [1.807, 2.05) is 26.2 Å². The summed E-state index contributed by atoms with van der Waals surface area (Å²) in [7, 11) is 0. The van der Waals surface area contributed by atoms with Crippen LogP contribution in [0.1, 0.15) is 26.5 Å². The number of anilines is 2. The van der Waals surface area contributed by atoms with Gasteiger partial charge in [-0.05, 0) is 50.1 Å². The van der Waals surface area contributed by atoms with Gasteiger partial charge < -0.3 is 5.73 Å². The van der Waals surface area contributed by atoms with Crippen LogP contribution in [-0.4, -0.2) is 15.9 Å². The average Bonchev–Trinajstić information content (AvgIpc) is 3.24. The van der Waals surface area contributed by atoms with Gasteiger partial charge in [-0.25, -0.2) is 9.97 Å². The molecule has 3 heterocycles. The molecule has 5 nitrogen and oxygen atoms in total. The molecule has 0 saturated carbocycles. The van der Waals surface area contributed by atoms with E-state index >= 15 is 0 Å². The van der Waals surface area contributed by atoms with Crippen LogP contribution in [0.2, 0.25) is 10.0 Å². The van der Waals surface area contributed by atoms with Gasteiger partial charge in [0.05, 0.1) is 16.4 Å². The van der Waals surface area contributed by atoms with E-state index in [1.54, 1.807) is 18.2 Å². The predicted molar refractivity (Wildman–Crippen MR) is 124 cm³/mol. The molecule has 3 aromatic heterocycles. The maximum atomic E-state index is 12.9. The molecule has 29 heavy (non-hydrogen) atoms. The Morgan fingerprint density at radius 1 is 1.14 bits per heavy atom. The van der Waals surface area contributed by atoms with Gasteiger partial charge >= 0.3 is 0 Å². The van der Waals surface area contributed by atoms with Gasteiger partial charge in [0.15, 0.2) is 5.13 Å². The highest BCUT2D eigenvalue weighted by atomic mass is 35.5. The maximum Gasteiger partial charge on any atom is 0.269 e. The first-order valence-electron chi connectivity index (χ1n) is 8.64. The lowest BCUT2D eigenvalue weighted by Crippen LogP contribution is -2.11. The lowest BCUT2D eigenvalue weighted by atomic mass is 10.1. The topological polar surface area (TPSA) is 80.9 Å². The molecule has 0 aliphatic rings. The zero-order chi connectivity index (χ0) is 20.9. The van der Waals surface area contributed by atoms with Crippen molar-refractivity contribution in [3.63, 3.8) is 0 Å². The summed E-state index contributed by atoms with van der Waals surface area (Å²) in [5, 5.41) is 7.02. The molecule has 4 aromatic rings. The number of nitrogen functional groups attached to an aromatic ring is 1. The lowest BCUT2D eigenvalue weighted by Gasteiger charge is -2.05. The Bertz CT molecular complexity index is 1280. The fourth-order valence-corrected chi connectivity index (χ4v) is 5.35. The van der Waals surface area contributed by atoms with E-state index in [2.05, 4.69) is 15.3 Å². The summed E-state index contributed by atoms with van der Waals surface area (Å²) >= 11 is 14.8. The van der Waals surface area contributed by atoms with E-state index in [4.69, 9.17) is 28.9 Å². The van der Waals surface area contributed by atoms with Crippen molar-refractivity contribution in [1.82, 2.24) is 9.97 Å². The van der Waals surface area contributed by atoms with Crippen LogP contribution >= 0.6 is 45.9 Å². The highest BCUT2D eigenvalue weighted by molar-refractivity contribution is 7.21. The quantitative estimate of drug-likeness (QED) is 0.364. The van der Waals surface area contributed by atoms with E-state index in [9.17, 15) is 4.79 Å². The highest BCUT2D eigenvalue weighted by Crippen LogP contribution is 2.37. The van der Waals surface area contributed by atoms with Crippen LogP contribution in [0.5, 0.6) is 0 Å². The number of nitrogens with one attached hydrogen (secondary N) is 1. The largest absolute Gasteiger partial charge is 0.397 e. The number of hydrogen-bond acceptors (Lipinski definition) is 6. The fourth-order valence-electron chi connectivity index (χ4n) is 3.04. The molecule has 0 atom stereocenters. The molecule has 9 heteroatoms. The van der Waals surface area contributed by atoms with E-state index in [0.717, 1.165) is 32.6 Å². The van der Waals surface area contributed by atoms with Crippen molar-refractivity contribution in [1.29, 1.82) is 0 Å². The summed E-state index contributed by atoms with van der Waals surface area (Å²) in [6.07, 6.45) is 0. The van der Waals surface area contributed by atoms with Crippen molar-refractivity contribution in [3.8, 4) is 11.3 Å². The molecule has 1 aromatic carbocycles. The molecule has 3 N–H and O–H groups in total. The van der Waals surface area contributed by atoms with E-state index in [-0.39, 0.29) is 5.91 Å². The van der Waals surface area contributed by atoms with Gasteiger partial charge in [0.25, 0.3) is 5.91 Å². The second-order valence-corrected chi connectivity index (χ2v) is 9.29. The first-order valence-corrected chi connectivity index (χ1v) is 11.1. The summed E-state index contributed by atoms with van der Waals surface area (Å²) in [5.74, 6) is -0.302. The van der Waals surface area contributed by atoms with E-state index in [0.29, 0.717) is 31.4 Å². The molecule has 0 spiro atoms. The number of rotatable bonds is 3. The maximum absolute atomic E-state index is 12.9. The zero-order valence-electron chi connectivity index (χ0n) is 15.8. The average molecular weight is 463 g/mol. The number of thiazole rings is 1. The minimum absolute atomic E-state index is 0.302. The van der Waals surface area contributed by atoms with Crippen molar-refractivity contribution >= 4 is 72.8 Å². The number of nitrogens with zero attached hydrogens (tertiary/aromatic N) is 2. The second kappa shape index (κ2) is 7.57. The van der Waals surface area contributed by atoms with Gasteiger partial charge in [-0.2, -0.15) is 0 Å². The molecule has 0 unspecified atom stereocenters. The summed E-state index contributed by atoms with van der Waals surface area (Å²) in [5.41, 5.74) is 11.2. The number of amides is 1. The normalized spacial score (nSPS) is 11.2. The third-order valence-corrected chi connectivity index (χ3v) is 7.22. The molecule has 0 saturated heterocycles. The standard InChI is InChI=1S/C20H16Cl2N4OS2/c1-8-9(2)15-16(23)17(29-19(15)24-10(8)3)18(27)26-20-25-14(7-28-20)12-5-4-11(21)6-13(12)22/h4-7H,23H2,1-3H3,(H,25,26,27). The minimum Gasteiger partial charge on any atom is -0.397 e. The monoisotopic (exact) mass is 462 g/mol. The van der Waals surface area contributed by atoms with Crippen LogP contribution in [0.15, 0.2) is 23.6 Å². The Kier molecular flexibility index (Phi) is 5.25. The number of nitrogens with two attached hydrogens (primary N) is 1. The van der Waals surface area contributed by atoms with Gasteiger partial charge in [-0.3, -0.25) is 10.1 Å². The number of carbonyl (C=O) groups is 1. The number of aryl methyl sites for hydroxylation is 2. The van der Waals surface area contributed by atoms with Crippen molar-refractivity contribution < 1.29 is 4.79 Å². The molecule has 0 fully saturated rings. The molecule has 0 bridgehead atoms. The number of hydrogen-bond donors (Lipinski definition) is 2. The van der Waals surface area contributed by atoms with Crippen molar-refractivity contribution in [2.75, 3.05) is 11.1 Å². The number of pyridine rings is 1. The van der Waals surface area contributed by atoms with Crippen LogP contribution < -0.4 is 11.1 Å². The van der Waals surface area contributed by atoms with Crippen LogP contribution in [0.25, 0.3) is 21.5 Å². The van der Waals surface area contributed by atoms with Gasteiger partial charge in [-0.15, -0.1) is 22.7 Å². The fraction of sp³-hybridized carbons (Fsp3) is 0.150. The number of aromatic nitrogens is 2. The number of benzene rings is 1.